The molecule has 0 aliphatic carbocycles. The highest BCUT2D eigenvalue weighted by Crippen LogP contribution is 2.17. The van der Waals surface area contributed by atoms with Gasteiger partial charge in [0.2, 0.25) is 0 Å². The summed E-state index contributed by atoms with van der Waals surface area (Å²) >= 11 is 0. The molecule has 2 aromatic rings. The highest BCUT2D eigenvalue weighted by Gasteiger charge is 2.05. The summed E-state index contributed by atoms with van der Waals surface area (Å²) in [6.07, 6.45) is 1.80. The lowest BCUT2D eigenvalue weighted by molar-refractivity contribution is -0.384. The van der Waals surface area contributed by atoms with E-state index in [0.717, 1.165) is 48.8 Å². The molecular weight excluding hydrogens is 471 g/mol. The molecule has 0 unspecified atom stereocenters. The molecule has 152 valence electrons. The molecule has 2 N–H and O–H groups in total. The third-order valence-corrected chi connectivity index (χ3v) is 3.99. The van der Waals surface area contributed by atoms with Crippen molar-refractivity contribution in [2.75, 3.05) is 20.2 Å². The number of nitro groups is 1. The first kappa shape index (κ1) is 23.7. The molecule has 2 aromatic carbocycles. The van der Waals surface area contributed by atoms with Gasteiger partial charge in [-0.15, -0.1) is 24.0 Å². The van der Waals surface area contributed by atoms with E-state index in [-0.39, 0.29) is 29.7 Å². The number of methoxy groups -OCH3 is 1. The molecule has 0 bridgehead atoms. The molecule has 0 saturated heterocycles. The Bertz CT molecular complexity index is 766. The zero-order valence-corrected chi connectivity index (χ0v) is 18.5. The number of para-hydroxylation sites is 1. The number of guanidine groups is 1. The monoisotopic (exact) mass is 498 g/mol. The first-order chi connectivity index (χ1) is 13.1. The number of hydrogen-bond donors (Lipinski definition) is 2. The molecule has 0 heterocycles. The average molecular weight is 498 g/mol. The molecule has 0 spiro atoms. The van der Waals surface area contributed by atoms with Gasteiger partial charge in [-0.05, 0) is 30.0 Å². The standard InChI is InChI=1S/C20H26N4O3.HI/c1-3-13-21-20(22-14-12-17-6-4-5-7-19(17)27-2)23-15-16-8-10-18(11-9-16)24(25)26;/h4-11H,3,12-15H2,1-2H3,(H2,21,22,23);1H. The maximum Gasteiger partial charge on any atom is 0.269 e. The number of non-ortho nitro benzene ring substituents is 1. The van der Waals surface area contributed by atoms with Gasteiger partial charge in [0, 0.05) is 25.2 Å². The maximum absolute atomic E-state index is 10.7. The Kier molecular flexibility index (Phi) is 10.9. The van der Waals surface area contributed by atoms with Crippen LogP contribution in [-0.2, 0) is 13.0 Å². The minimum atomic E-state index is -0.402. The van der Waals surface area contributed by atoms with E-state index >= 15 is 0 Å². The summed E-state index contributed by atoms with van der Waals surface area (Å²) in [7, 11) is 1.67. The quantitative estimate of drug-likeness (QED) is 0.180. The first-order valence-corrected chi connectivity index (χ1v) is 9.01. The normalized spacial score (nSPS) is 10.7. The van der Waals surface area contributed by atoms with Crippen LogP contribution in [-0.4, -0.2) is 31.1 Å². The van der Waals surface area contributed by atoms with Gasteiger partial charge in [-0.3, -0.25) is 10.1 Å². The van der Waals surface area contributed by atoms with Crippen LogP contribution in [0.5, 0.6) is 5.75 Å². The summed E-state index contributed by atoms with van der Waals surface area (Å²) in [4.78, 5) is 14.9. The second-order valence-corrected chi connectivity index (χ2v) is 6.00. The van der Waals surface area contributed by atoms with E-state index in [0.29, 0.717) is 6.54 Å². The predicted molar refractivity (Wildman–Crippen MR) is 123 cm³/mol. The van der Waals surface area contributed by atoms with Crippen molar-refractivity contribution >= 4 is 35.6 Å². The summed E-state index contributed by atoms with van der Waals surface area (Å²) in [5, 5.41) is 17.3. The second kappa shape index (κ2) is 12.9. The lowest BCUT2D eigenvalue weighted by atomic mass is 10.1. The third kappa shape index (κ3) is 7.71. The largest absolute Gasteiger partial charge is 0.496 e. The van der Waals surface area contributed by atoms with Crippen LogP contribution in [0.1, 0.15) is 24.5 Å². The van der Waals surface area contributed by atoms with Crippen LogP contribution in [0.3, 0.4) is 0 Å². The molecule has 0 atom stereocenters. The summed E-state index contributed by atoms with van der Waals surface area (Å²) in [6.45, 7) is 4.08. The van der Waals surface area contributed by atoms with Crippen LogP contribution >= 0.6 is 24.0 Å². The van der Waals surface area contributed by atoms with Gasteiger partial charge in [0.05, 0.1) is 18.6 Å². The van der Waals surface area contributed by atoms with Crippen molar-refractivity contribution in [2.24, 2.45) is 4.99 Å². The summed E-state index contributed by atoms with van der Waals surface area (Å²) in [5.41, 5.74) is 2.14. The minimum Gasteiger partial charge on any atom is -0.496 e. The van der Waals surface area contributed by atoms with E-state index in [1.807, 2.05) is 24.3 Å². The molecule has 8 heteroatoms. The number of ether oxygens (including phenoxy) is 1. The molecule has 7 nitrogen and oxygen atoms in total. The Labute approximate surface area is 182 Å². The molecule has 0 radical (unpaired) electrons. The number of nitrogens with zero attached hydrogens (tertiary/aromatic N) is 2. The fourth-order valence-corrected chi connectivity index (χ4v) is 2.54. The van der Waals surface area contributed by atoms with Crippen LogP contribution in [0.25, 0.3) is 0 Å². The Morgan fingerprint density at radius 3 is 2.43 bits per heavy atom. The maximum atomic E-state index is 10.7. The number of halogens is 1. The second-order valence-electron chi connectivity index (χ2n) is 6.00. The SMILES string of the molecule is CCCNC(=NCc1ccc([N+](=O)[O-])cc1)NCCc1ccccc1OC.I. The number of rotatable bonds is 9. The summed E-state index contributed by atoms with van der Waals surface area (Å²) < 4.78 is 5.38. The van der Waals surface area contributed by atoms with Crippen LogP contribution < -0.4 is 15.4 Å². The van der Waals surface area contributed by atoms with Gasteiger partial charge in [-0.1, -0.05) is 37.3 Å². The Morgan fingerprint density at radius 1 is 1.11 bits per heavy atom. The van der Waals surface area contributed by atoms with Crippen molar-refractivity contribution in [3.63, 3.8) is 0 Å². The molecule has 0 amide bonds. The number of benzene rings is 2. The lowest BCUT2D eigenvalue weighted by Gasteiger charge is -2.13. The molecule has 0 aliphatic rings. The highest BCUT2D eigenvalue weighted by molar-refractivity contribution is 14.0. The Morgan fingerprint density at radius 2 is 1.79 bits per heavy atom. The molecule has 2 rings (SSSR count). The van der Waals surface area contributed by atoms with Crippen molar-refractivity contribution < 1.29 is 9.66 Å². The molecule has 0 aromatic heterocycles. The smallest absolute Gasteiger partial charge is 0.269 e. The van der Waals surface area contributed by atoms with Crippen molar-refractivity contribution in [3.05, 3.63) is 69.8 Å². The van der Waals surface area contributed by atoms with Crippen LogP contribution in [0.4, 0.5) is 5.69 Å². The van der Waals surface area contributed by atoms with Crippen LogP contribution in [0.2, 0.25) is 0 Å². The van der Waals surface area contributed by atoms with Crippen LogP contribution in [0.15, 0.2) is 53.5 Å². The summed E-state index contributed by atoms with van der Waals surface area (Å²) in [6, 6.07) is 14.4. The number of aliphatic imine (C=N–C) groups is 1. The minimum absolute atomic E-state index is 0. The topological polar surface area (TPSA) is 88.8 Å². The first-order valence-electron chi connectivity index (χ1n) is 9.01. The fraction of sp³-hybridized carbons (Fsp3) is 0.350. The van der Waals surface area contributed by atoms with E-state index in [2.05, 4.69) is 22.5 Å². The number of hydrogen-bond acceptors (Lipinski definition) is 4. The molecule has 0 fully saturated rings. The van der Waals surface area contributed by atoms with Crippen molar-refractivity contribution in [2.45, 2.75) is 26.3 Å². The predicted octanol–water partition coefficient (Wildman–Crippen LogP) is 3.91. The van der Waals surface area contributed by atoms with E-state index in [9.17, 15) is 10.1 Å². The van der Waals surface area contributed by atoms with Crippen LogP contribution in [0, 0.1) is 10.1 Å². The van der Waals surface area contributed by atoms with E-state index in [4.69, 9.17) is 4.74 Å². The third-order valence-electron chi connectivity index (χ3n) is 3.99. The van der Waals surface area contributed by atoms with Gasteiger partial charge in [-0.2, -0.15) is 0 Å². The fourth-order valence-electron chi connectivity index (χ4n) is 2.54. The Hall–Kier alpha value is -2.36. The van der Waals surface area contributed by atoms with Gasteiger partial charge in [0.15, 0.2) is 5.96 Å². The number of nitrogens with one attached hydrogen (secondary N) is 2. The van der Waals surface area contributed by atoms with E-state index < -0.39 is 4.92 Å². The van der Waals surface area contributed by atoms with Crippen molar-refractivity contribution in [3.8, 4) is 5.75 Å². The van der Waals surface area contributed by atoms with Gasteiger partial charge < -0.3 is 15.4 Å². The number of nitro benzene ring substituents is 1. The van der Waals surface area contributed by atoms with Crippen molar-refractivity contribution in [1.82, 2.24) is 10.6 Å². The van der Waals surface area contributed by atoms with Gasteiger partial charge in [0.25, 0.3) is 5.69 Å². The zero-order valence-electron chi connectivity index (χ0n) is 16.2. The molecule has 0 saturated carbocycles. The van der Waals surface area contributed by atoms with E-state index in [1.165, 1.54) is 12.1 Å². The van der Waals surface area contributed by atoms with Gasteiger partial charge in [-0.25, -0.2) is 4.99 Å². The van der Waals surface area contributed by atoms with Gasteiger partial charge in [0.1, 0.15) is 5.75 Å². The van der Waals surface area contributed by atoms with E-state index in [1.54, 1.807) is 19.2 Å². The molecule has 0 aliphatic heterocycles. The summed E-state index contributed by atoms with van der Waals surface area (Å²) in [5.74, 6) is 1.61. The Balaban J connectivity index is 0.00000392. The van der Waals surface area contributed by atoms with Gasteiger partial charge >= 0.3 is 0 Å². The lowest BCUT2D eigenvalue weighted by Crippen LogP contribution is -2.38. The molecule has 28 heavy (non-hydrogen) atoms. The average Bonchev–Trinajstić information content (AvgIpc) is 2.70. The van der Waals surface area contributed by atoms with Crippen molar-refractivity contribution in [1.29, 1.82) is 0 Å². The zero-order chi connectivity index (χ0) is 19.5. The molecular formula is C20H27IN4O3. The highest BCUT2D eigenvalue weighted by atomic mass is 127.